The van der Waals surface area contributed by atoms with Gasteiger partial charge in [-0.25, -0.2) is 0 Å². The van der Waals surface area contributed by atoms with Gasteiger partial charge in [0.15, 0.2) is 0 Å². The molecule has 3 aromatic rings. The molecule has 0 aliphatic carbocycles. The Kier molecular flexibility index (Phi) is 6.79. The van der Waals surface area contributed by atoms with E-state index in [0.29, 0.717) is 5.76 Å². The smallest absolute Gasteiger partial charge is 0.418 e. The first kappa shape index (κ1) is 22.1. The Morgan fingerprint density at radius 1 is 1.00 bits per heavy atom. The molecule has 8 heteroatoms. The number of rotatable bonds is 7. The number of anilines is 1. The fourth-order valence-electron chi connectivity index (χ4n) is 3.02. The van der Waals surface area contributed by atoms with E-state index < -0.39 is 24.2 Å². The van der Waals surface area contributed by atoms with Crippen LogP contribution < -0.4 is 5.32 Å². The van der Waals surface area contributed by atoms with Gasteiger partial charge in [0.05, 0.1) is 30.5 Å². The Balaban J connectivity index is 1.74. The molecule has 3 rings (SSSR count). The quantitative estimate of drug-likeness (QED) is 0.585. The minimum atomic E-state index is -4.61. The summed E-state index contributed by atoms with van der Waals surface area (Å²) in [4.78, 5) is 26.6. The SMILES string of the molecule is Cc1ccc(CC(=O)N(CC(=O)Nc2ccccc2C(F)(F)F)Cc2ccco2)cc1. The number of nitrogens with one attached hydrogen (secondary N) is 1. The molecule has 1 aromatic heterocycles. The van der Waals surface area contributed by atoms with Crippen molar-refractivity contribution < 1.29 is 27.2 Å². The first-order valence-corrected chi connectivity index (χ1v) is 9.54. The molecule has 5 nitrogen and oxygen atoms in total. The highest BCUT2D eigenvalue weighted by Crippen LogP contribution is 2.34. The first-order valence-electron chi connectivity index (χ1n) is 9.54. The normalized spacial score (nSPS) is 11.2. The second-order valence-electron chi connectivity index (χ2n) is 7.08. The number of aryl methyl sites for hydroxylation is 1. The maximum absolute atomic E-state index is 13.2. The number of furan rings is 1. The minimum Gasteiger partial charge on any atom is -0.467 e. The lowest BCUT2D eigenvalue weighted by Gasteiger charge is -2.22. The summed E-state index contributed by atoms with van der Waals surface area (Å²) >= 11 is 0. The van der Waals surface area contributed by atoms with E-state index in [9.17, 15) is 22.8 Å². The summed E-state index contributed by atoms with van der Waals surface area (Å²) in [6.07, 6.45) is -3.12. The number of carbonyl (C=O) groups excluding carboxylic acids is 2. The maximum Gasteiger partial charge on any atom is 0.418 e. The molecule has 0 aliphatic rings. The number of hydrogen-bond donors (Lipinski definition) is 1. The average molecular weight is 430 g/mol. The van der Waals surface area contributed by atoms with Crippen molar-refractivity contribution in [3.8, 4) is 0 Å². The Morgan fingerprint density at radius 3 is 2.35 bits per heavy atom. The van der Waals surface area contributed by atoms with Crippen LogP contribution in [0, 0.1) is 6.92 Å². The van der Waals surface area contributed by atoms with Crippen molar-refractivity contribution in [2.75, 3.05) is 11.9 Å². The molecule has 0 unspecified atom stereocenters. The highest BCUT2D eigenvalue weighted by Gasteiger charge is 2.33. The summed E-state index contributed by atoms with van der Waals surface area (Å²) in [5.41, 5.74) is 0.505. The average Bonchev–Trinajstić information content (AvgIpc) is 3.22. The van der Waals surface area contributed by atoms with Crippen molar-refractivity contribution in [2.45, 2.75) is 26.1 Å². The second-order valence-corrected chi connectivity index (χ2v) is 7.08. The van der Waals surface area contributed by atoms with Crippen molar-refractivity contribution >= 4 is 17.5 Å². The Bertz CT molecular complexity index is 1030. The van der Waals surface area contributed by atoms with Crippen molar-refractivity contribution in [2.24, 2.45) is 0 Å². The fraction of sp³-hybridized carbons (Fsp3) is 0.217. The predicted octanol–water partition coefficient (Wildman–Crippen LogP) is 4.82. The zero-order valence-corrected chi connectivity index (χ0v) is 16.8. The summed E-state index contributed by atoms with van der Waals surface area (Å²) < 4.78 is 44.8. The largest absolute Gasteiger partial charge is 0.467 e. The highest BCUT2D eigenvalue weighted by molar-refractivity contribution is 5.95. The van der Waals surface area contributed by atoms with Gasteiger partial charge in [0.25, 0.3) is 0 Å². The number of amides is 2. The third-order valence-electron chi connectivity index (χ3n) is 4.60. The van der Waals surface area contributed by atoms with Crippen LogP contribution in [-0.2, 0) is 28.7 Å². The van der Waals surface area contributed by atoms with Gasteiger partial charge < -0.3 is 14.6 Å². The molecule has 0 saturated carbocycles. The zero-order valence-electron chi connectivity index (χ0n) is 16.8. The summed E-state index contributed by atoms with van der Waals surface area (Å²) in [5.74, 6) is -0.624. The molecule has 162 valence electrons. The van der Waals surface area contributed by atoms with Gasteiger partial charge in [-0.2, -0.15) is 13.2 Å². The summed E-state index contributed by atoms with van der Waals surface area (Å²) in [5, 5.41) is 2.27. The summed E-state index contributed by atoms with van der Waals surface area (Å²) in [6.45, 7) is 1.53. The van der Waals surface area contributed by atoms with Crippen molar-refractivity contribution in [3.63, 3.8) is 0 Å². The highest BCUT2D eigenvalue weighted by atomic mass is 19.4. The number of nitrogens with zero attached hydrogens (tertiary/aromatic N) is 1. The molecule has 0 saturated heterocycles. The third kappa shape index (κ3) is 6.21. The third-order valence-corrected chi connectivity index (χ3v) is 4.60. The molecule has 2 aromatic carbocycles. The standard InChI is InChI=1S/C23H21F3N2O3/c1-16-8-10-17(11-9-16)13-22(30)28(14-18-5-4-12-31-18)15-21(29)27-20-7-3-2-6-19(20)23(24,25)26/h2-12H,13-15H2,1H3,(H,27,29). The van der Waals surface area contributed by atoms with Gasteiger partial charge in [0.2, 0.25) is 11.8 Å². The van der Waals surface area contributed by atoms with Crippen LogP contribution in [-0.4, -0.2) is 23.3 Å². The minimum absolute atomic E-state index is 0.0199. The van der Waals surface area contributed by atoms with Gasteiger partial charge in [0.1, 0.15) is 12.3 Å². The van der Waals surface area contributed by atoms with Crippen LogP contribution >= 0.6 is 0 Å². The molecule has 31 heavy (non-hydrogen) atoms. The number of alkyl halides is 3. The van der Waals surface area contributed by atoms with E-state index in [1.54, 1.807) is 12.1 Å². The maximum atomic E-state index is 13.2. The second kappa shape index (κ2) is 9.51. The Hall–Kier alpha value is -3.55. The van der Waals surface area contributed by atoms with Gasteiger partial charge in [-0.05, 0) is 36.8 Å². The number of para-hydroxylation sites is 1. The van der Waals surface area contributed by atoms with Crippen LogP contribution in [0.4, 0.5) is 18.9 Å². The molecule has 2 amide bonds. The predicted molar refractivity (Wildman–Crippen MR) is 109 cm³/mol. The molecular formula is C23H21F3N2O3. The van der Waals surface area contributed by atoms with Crippen LogP contribution in [0.25, 0.3) is 0 Å². The van der Waals surface area contributed by atoms with Crippen LogP contribution in [0.5, 0.6) is 0 Å². The molecule has 0 aliphatic heterocycles. The fourth-order valence-corrected chi connectivity index (χ4v) is 3.02. The molecule has 0 bridgehead atoms. The van der Waals surface area contributed by atoms with Crippen LogP contribution in [0.1, 0.15) is 22.5 Å². The zero-order chi connectivity index (χ0) is 22.4. The number of carbonyl (C=O) groups is 2. The lowest BCUT2D eigenvalue weighted by molar-refractivity contribution is -0.137. The number of hydrogen-bond acceptors (Lipinski definition) is 3. The first-order chi connectivity index (χ1) is 14.7. The summed E-state index contributed by atoms with van der Waals surface area (Å²) in [7, 11) is 0. The Labute approximate surface area is 177 Å². The van der Waals surface area contributed by atoms with Gasteiger partial charge >= 0.3 is 6.18 Å². The van der Waals surface area contributed by atoms with Crippen LogP contribution in [0.15, 0.2) is 71.3 Å². The molecule has 0 atom stereocenters. The molecular weight excluding hydrogens is 409 g/mol. The molecule has 1 N–H and O–H groups in total. The molecule has 0 radical (unpaired) electrons. The lowest BCUT2D eigenvalue weighted by atomic mass is 10.1. The van der Waals surface area contributed by atoms with Gasteiger partial charge in [-0.1, -0.05) is 42.0 Å². The molecule has 0 spiro atoms. The van der Waals surface area contributed by atoms with Gasteiger partial charge in [-0.15, -0.1) is 0 Å². The van der Waals surface area contributed by atoms with Gasteiger partial charge in [0, 0.05) is 0 Å². The van der Waals surface area contributed by atoms with E-state index in [2.05, 4.69) is 5.32 Å². The van der Waals surface area contributed by atoms with E-state index in [-0.39, 0.29) is 24.6 Å². The molecule has 0 fully saturated rings. The van der Waals surface area contributed by atoms with E-state index >= 15 is 0 Å². The topological polar surface area (TPSA) is 62.6 Å². The molecule has 1 heterocycles. The van der Waals surface area contributed by atoms with E-state index in [1.165, 1.54) is 29.4 Å². The Morgan fingerprint density at radius 2 is 1.71 bits per heavy atom. The number of halogens is 3. The lowest BCUT2D eigenvalue weighted by Crippen LogP contribution is -2.38. The summed E-state index contributed by atoms with van der Waals surface area (Å²) in [6, 6.07) is 15.4. The number of benzene rings is 2. The monoisotopic (exact) mass is 430 g/mol. The van der Waals surface area contributed by atoms with Crippen molar-refractivity contribution in [1.82, 2.24) is 4.90 Å². The van der Waals surface area contributed by atoms with Crippen molar-refractivity contribution in [1.29, 1.82) is 0 Å². The van der Waals surface area contributed by atoms with E-state index in [1.807, 2.05) is 31.2 Å². The van der Waals surface area contributed by atoms with Crippen LogP contribution in [0.3, 0.4) is 0 Å². The van der Waals surface area contributed by atoms with Gasteiger partial charge in [-0.3, -0.25) is 9.59 Å². The van der Waals surface area contributed by atoms with E-state index in [4.69, 9.17) is 4.42 Å². The van der Waals surface area contributed by atoms with Crippen molar-refractivity contribution in [3.05, 3.63) is 89.4 Å². The van der Waals surface area contributed by atoms with Crippen LogP contribution in [0.2, 0.25) is 0 Å². The van der Waals surface area contributed by atoms with E-state index in [0.717, 1.165) is 17.2 Å².